The Morgan fingerprint density at radius 3 is 2.47 bits per heavy atom. The maximum absolute atomic E-state index is 5.50. The number of fused-ring (bicyclic) bond motifs is 1. The average Bonchev–Trinajstić information content (AvgIpc) is 2.93. The zero-order valence-electron chi connectivity index (χ0n) is 11.6. The molecule has 19 heavy (non-hydrogen) atoms. The van der Waals surface area contributed by atoms with Gasteiger partial charge in [0.15, 0.2) is 0 Å². The predicted octanol–water partition coefficient (Wildman–Crippen LogP) is 4.27. The van der Waals surface area contributed by atoms with Crippen LogP contribution >= 0.6 is 0 Å². The summed E-state index contributed by atoms with van der Waals surface area (Å²) < 4.78 is 10.2. The molecule has 0 atom stereocenters. The Hall–Kier alpha value is -0.747. The minimum atomic E-state index is 0. The van der Waals surface area contributed by atoms with Gasteiger partial charge in [-0.05, 0) is 6.26 Å². The second-order valence-electron chi connectivity index (χ2n) is 3.35. The third kappa shape index (κ3) is 6.82. The second kappa shape index (κ2) is 11.1. The zero-order valence-corrected chi connectivity index (χ0v) is 14.9. The number of hydrogen-bond donors (Lipinski definition) is 0. The Morgan fingerprint density at radius 2 is 1.95 bits per heavy atom. The van der Waals surface area contributed by atoms with E-state index < -0.39 is 0 Å². The van der Waals surface area contributed by atoms with Crippen LogP contribution in [0, 0.1) is 32.7 Å². The summed E-state index contributed by atoms with van der Waals surface area (Å²) in [6.07, 6.45) is 2.55. The molecule has 0 saturated carbocycles. The Labute approximate surface area is 143 Å². The van der Waals surface area contributed by atoms with Crippen molar-refractivity contribution in [1.29, 1.82) is 0 Å². The molecule has 0 spiro atoms. The van der Waals surface area contributed by atoms with Gasteiger partial charge in [-0.1, -0.05) is 24.8 Å². The summed E-state index contributed by atoms with van der Waals surface area (Å²) >= 11 is 0. The van der Waals surface area contributed by atoms with Crippen LogP contribution in [0.3, 0.4) is 0 Å². The Bertz CT molecular complexity index is 490. The number of furan rings is 1. The van der Waals surface area contributed by atoms with Gasteiger partial charge in [-0.2, -0.15) is 12.1 Å². The molecule has 3 aromatic rings. The Balaban J connectivity index is 0. The van der Waals surface area contributed by atoms with Crippen LogP contribution in [0.1, 0.15) is 7.13 Å². The molecular weight excluding hydrogens is 443 g/mol. The van der Waals surface area contributed by atoms with Crippen LogP contribution < -0.4 is 0 Å². The van der Waals surface area contributed by atoms with E-state index in [9.17, 15) is 0 Å². The summed E-state index contributed by atoms with van der Waals surface area (Å²) in [7, 11) is 2.50. The molecule has 1 radical (unpaired) electrons. The van der Waals surface area contributed by atoms with E-state index in [0.29, 0.717) is 0 Å². The molecule has 1 nitrogen and oxygen atoms in total. The van der Waals surface area contributed by atoms with Gasteiger partial charge in [-0.15, -0.1) is 12.1 Å². The summed E-state index contributed by atoms with van der Waals surface area (Å²) in [5.41, 5.74) is 0. The molecule has 0 saturated heterocycles. The van der Waals surface area contributed by atoms with Gasteiger partial charge in [0, 0.05) is 0 Å². The molecule has 0 fully saturated rings. The summed E-state index contributed by atoms with van der Waals surface area (Å²) in [6.45, 7) is 1.89. The number of rotatable bonds is 0. The Kier molecular flexibility index (Phi) is 10.7. The molecule has 0 bridgehead atoms. The van der Waals surface area contributed by atoms with Crippen molar-refractivity contribution in [2.75, 3.05) is 0 Å². The van der Waals surface area contributed by atoms with Crippen LogP contribution in [0.4, 0.5) is 0 Å². The predicted molar refractivity (Wildman–Crippen MR) is 70.3 cm³/mol. The van der Waals surface area contributed by atoms with Crippen LogP contribution in [0.25, 0.3) is 10.8 Å². The molecule has 3 heteroatoms. The summed E-state index contributed by atoms with van der Waals surface area (Å²) in [4.78, 5) is 0. The van der Waals surface area contributed by atoms with Crippen molar-refractivity contribution < 1.29 is 45.4 Å². The smallest absolute Gasteiger partial charge is 0.596 e. The van der Waals surface area contributed by atoms with E-state index in [-0.39, 0.29) is 39.6 Å². The molecule has 95 valence electrons. The molecule has 1 heterocycles. The molecular formula is C16H14OVW. The third-order valence-electron chi connectivity index (χ3n) is 2.12. The Morgan fingerprint density at radius 1 is 1.21 bits per heavy atom. The first-order chi connectivity index (χ1) is 8.86. The normalized spacial score (nSPS) is 8.42. The fourth-order valence-corrected chi connectivity index (χ4v) is 1.32. The quantitative estimate of drug-likeness (QED) is 0.458. The van der Waals surface area contributed by atoms with Crippen LogP contribution in [0.5, 0.6) is 0 Å². The van der Waals surface area contributed by atoms with Gasteiger partial charge < -0.3 is 30.0 Å². The topological polar surface area (TPSA) is 13.1 Å². The number of hydrogen-bond acceptors (Lipinski definition) is 1. The standard InChI is InChI=1S/C10H6.C5H5O.CH3.V.W/c1-2-6-10-8-4-3-7-9(10)5-1;1-5-3-2-4-6-5;;;/h1-3,5-6,8H;2-3H,1H3;1H3;;/q-2;2*-1;2*+2/i;;1T;;. The van der Waals surface area contributed by atoms with Crippen LogP contribution in [-0.4, -0.2) is 0 Å². The molecule has 0 aliphatic carbocycles. The summed E-state index contributed by atoms with van der Waals surface area (Å²) in [6, 6.07) is 21.6. The van der Waals surface area contributed by atoms with Crippen molar-refractivity contribution in [2.24, 2.45) is 0 Å². The second-order valence-corrected chi connectivity index (χ2v) is 3.35. The van der Waals surface area contributed by atoms with Gasteiger partial charge in [0.25, 0.3) is 0 Å². The van der Waals surface area contributed by atoms with Crippen LogP contribution in [0.2, 0.25) is 0 Å². The molecule has 1 aromatic heterocycles. The molecule has 3 rings (SSSR count). The third-order valence-corrected chi connectivity index (χ3v) is 2.12. The molecule has 0 aliphatic heterocycles. The van der Waals surface area contributed by atoms with E-state index in [0.717, 1.165) is 11.1 Å². The molecule has 2 aromatic carbocycles. The molecule has 0 amide bonds. The van der Waals surface area contributed by atoms with Crippen molar-refractivity contribution >= 4 is 10.8 Å². The zero-order chi connectivity index (χ0) is 13.2. The number of aryl methyl sites for hydroxylation is 1. The fraction of sp³-hybridized carbons (Fsp3) is 0.0625. The van der Waals surface area contributed by atoms with Gasteiger partial charge in [0.1, 0.15) is 0 Å². The maximum Gasteiger partial charge on any atom is 2.00 e. The molecule has 0 aliphatic rings. The first-order valence-corrected chi connectivity index (χ1v) is 5.05. The van der Waals surface area contributed by atoms with Crippen molar-refractivity contribution in [3.8, 4) is 0 Å². The average molecular weight is 459 g/mol. The van der Waals surface area contributed by atoms with Gasteiger partial charge in [-0.3, -0.25) is 11.5 Å². The number of benzene rings is 2. The van der Waals surface area contributed by atoms with E-state index in [1.165, 1.54) is 5.39 Å². The van der Waals surface area contributed by atoms with Crippen molar-refractivity contribution in [2.45, 2.75) is 6.92 Å². The SMILES string of the molecule is Cc1cc[c-]o1.[3H][CH2-].[V+2].[W+2].[c-]1c[c-]c2ccccc2c1. The van der Waals surface area contributed by atoms with E-state index >= 15 is 0 Å². The van der Waals surface area contributed by atoms with Crippen molar-refractivity contribution in [1.82, 2.24) is 0 Å². The van der Waals surface area contributed by atoms with E-state index in [2.05, 4.69) is 31.9 Å². The maximum atomic E-state index is 5.50. The monoisotopic (exact) mass is 459 g/mol. The first-order valence-electron chi connectivity index (χ1n) is 5.76. The summed E-state index contributed by atoms with van der Waals surface area (Å²) in [5, 5.41) is 2.35. The minimum absolute atomic E-state index is 0. The molecule has 0 unspecified atom stereocenters. The van der Waals surface area contributed by atoms with Gasteiger partial charge in [0.2, 0.25) is 0 Å². The minimum Gasteiger partial charge on any atom is -0.596 e. The van der Waals surface area contributed by atoms with Crippen molar-refractivity contribution in [3.63, 3.8) is 0 Å². The van der Waals surface area contributed by atoms with Crippen LogP contribution in [0.15, 0.2) is 52.9 Å². The first kappa shape index (κ1) is 18.3. The van der Waals surface area contributed by atoms with Gasteiger partial charge >= 0.3 is 39.6 Å². The summed E-state index contributed by atoms with van der Waals surface area (Å²) in [5.74, 6) is 0.912. The largest absolute Gasteiger partial charge is 2.00 e. The van der Waals surface area contributed by atoms with Gasteiger partial charge in [-0.25, -0.2) is 6.76 Å². The van der Waals surface area contributed by atoms with E-state index in [1.54, 1.807) is 6.07 Å². The van der Waals surface area contributed by atoms with E-state index in [1.807, 2.05) is 43.3 Å². The van der Waals surface area contributed by atoms with E-state index in [4.69, 9.17) is 5.79 Å². The fourth-order valence-electron chi connectivity index (χ4n) is 1.32. The van der Waals surface area contributed by atoms with Crippen molar-refractivity contribution in [3.05, 3.63) is 80.1 Å². The van der Waals surface area contributed by atoms with Gasteiger partial charge in [0.05, 0.1) is 0 Å². The van der Waals surface area contributed by atoms with Crippen LogP contribution in [-0.2, 0) is 39.6 Å². The molecule has 0 N–H and O–H groups in total.